The van der Waals surface area contributed by atoms with Gasteiger partial charge in [0.15, 0.2) is 5.75 Å². The van der Waals surface area contributed by atoms with Crippen molar-refractivity contribution < 1.29 is 4.74 Å². The molecular weight excluding hydrogens is 503 g/mol. The summed E-state index contributed by atoms with van der Waals surface area (Å²) in [6.07, 6.45) is 3.44. The maximum absolute atomic E-state index is 12.2. The SMILES string of the molecule is Cc1cc(-c2ccncc2)nc2ccc(Oc3c(Cl)cc(-n4nc(C#N)c(=O)[nH]c4=O)cc3Cl)cc12. The topological polar surface area (TPSA) is 127 Å². The second-order valence-electron chi connectivity index (χ2n) is 7.71. The zero-order valence-corrected chi connectivity index (χ0v) is 20.0. The summed E-state index contributed by atoms with van der Waals surface area (Å²) >= 11 is 12.8. The molecule has 0 aliphatic carbocycles. The Morgan fingerprint density at radius 3 is 2.44 bits per heavy atom. The van der Waals surface area contributed by atoms with Gasteiger partial charge in [-0.3, -0.25) is 14.8 Å². The molecule has 9 nitrogen and oxygen atoms in total. The zero-order chi connectivity index (χ0) is 25.4. The van der Waals surface area contributed by atoms with Crippen LogP contribution in [-0.2, 0) is 0 Å². The van der Waals surface area contributed by atoms with Gasteiger partial charge in [0.2, 0.25) is 5.69 Å². The van der Waals surface area contributed by atoms with Crippen LogP contribution in [0.15, 0.2) is 70.5 Å². The van der Waals surface area contributed by atoms with Crippen molar-refractivity contribution in [2.75, 3.05) is 0 Å². The minimum absolute atomic E-state index is 0.0962. The molecule has 0 radical (unpaired) electrons. The number of aryl methyl sites for hydroxylation is 1. The van der Waals surface area contributed by atoms with Crippen LogP contribution in [0.1, 0.15) is 11.3 Å². The lowest BCUT2D eigenvalue weighted by Gasteiger charge is -2.13. The van der Waals surface area contributed by atoms with Gasteiger partial charge in [-0.15, -0.1) is 5.10 Å². The summed E-state index contributed by atoms with van der Waals surface area (Å²) in [4.78, 5) is 34.6. The van der Waals surface area contributed by atoms with Crippen LogP contribution in [0.25, 0.3) is 27.8 Å². The molecule has 0 fully saturated rings. The molecule has 36 heavy (non-hydrogen) atoms. The average molecular weight is 517 g/mol. The fraction of sp³-hybridized carbons (Fsp3) is 0.0400. The quantitative estimate of drug-likeness (QED) is 0.363. The van der Waals surface area contributed by atoms with Gasteiger partial charge in [-0.05, 0) is 61.0 Å². The Kier molecular flexibility index (Phi) is 5.98. The molecule has 3 aromatic heterocycles. The first-order chi connectivity index (χ1) is 17.3. The Balaban J connectivity index is 1.50. The summed E-state index contributed by atoms with van der Waals surface area (Å²) in [5.74, 6) is 0.644. The molecule has 2 aromatic carbocycles. The summed E-state index contributed by atoms with van der Waals surface area (Å²) in [5, 5.41) is 13.9. The molecule has 1 N–H and O–H groups in total. The third-order valence-corrected chi connectivity index (χ3v) is 5.91. The van der Waals surface area contributed by atoms with E-state index in [-0.39, 0.29) is 21.5 Å². The molecule has 0 aliphatic rings. The number of halogens is 2. The molecule has 11 heteroatoms. The molecule has 0 aliphatic heterocycles. The van der Waals surface area contributed by atoms with Crippen molar-refractivity contribution in [3.63, 3.8) is 0 Å². The third-order valence-electron chi connectivity index (χ3n) is 5.34. The van der Waals surface area contributed by atoms with E-state index < -0.39 is 16.9 Å². The number of aromatic amines is 1. The number of aromatic nitrogens is 5. The summed E-state index contributed by atoms with van der Waals surface area (Å²) < 4.78 is 6.81. The minimum Gasteiger partial charge on any atom is -0.454 e. The van der Waals surface area contributed by atoms with Crippen molar-refractivity contribution in [2.24, 2.45) is 0 Å². The summed E-state index contributed by atoms with van der Waals surface area (Å²) in [6, 6.07) is 15.6. The van der Waals surface area contributed by atoms with Crippen molar-refractivity contribution in [3.05, 3.63) is 103 Å². The second-order valence-corrected chi connectivity index (χ2v) is 8.53. The van der Waals surface area contributed by atoms with E-state index in [1.807, 2.05) is 42.2 Å². The van der Waals surface area contributed by atoms with E-state index >= 15 is 0 Å². The summed E-state index contributed by atoms with van der Waals surface area (Å²) in [6.45, 7) is 1.98. The van der Waals surface area contributed by atoms with Crippen molar-refractivity contribution in [2.45, 2.75) is 6.92 Å². The summed E-state index contributed by atoms with van der Waals surface area (Å²) in [7, 11) is 0. The van der Waals surface area contributed by atoms with Crippen LogP contribution in [0.3, 0.4) is 0 Å². The van der Waals surface area contributed by atoms with Crippen LogP contribution in [0, 0.1) is 18.3 Å². The normalized spacial score (nSPS) is 10.8. The Morgan fingerprint density at radius 1 is 1.03 bits per heavy atom. The van der Waals surface area contributed by atoms with Crippen LogP contribution >= 0.6 is 23.2 Å². The van der Waals surface area contributed by atoms with Gasteiger partial charge in [0.1, 0.15) is 11.8 Å². The van der Waals surface area contributed by atoms with Gasteiger partial charge in [0.25, 0.3) is 5.56 Å². The monoisotopic (exact) mass is 516 g/mol. The molecule has 5 rings (SSSR count). The standard InChI is InChI=1S/C25H14Cl2N6O3/c1-13-8-21(14-4-6-29-7-5-14)30-20-3-2-16(11-17(13)20)36-23-18(26)9-15(10-19(23)27)33-25(35)31-24(34)22(12-28)32-33/h2-11H,1H3,(H,31,34,35). The van der Waals surface area contributed by atoms with Gasteiger partial charge >= 0.3 is 5.69 Å². The van der Waals surface area contributed by atoms with Crippen molar-refractivity contribution in [1.29, 1.82) is 5.26 Å². The van der Waals surface area contributed by atoms with Crippen molar-refractivity contribution in [3.8, 4) is 34.5 Å². The van der Waals surface area contributed by atoms with E-state index in [9.17, 15) is 9.59 Å². The van der Waals surface area contributed by atoms with Gasteiger partial charge in [0.05, 0.1) is 26.9 Å². The minimum atomic E-state index is -0.884. The zero-order valence-electron chi connectivity index (χ0n) is 18.5. The maximum Gasteiger partial charge on any atom is 0.349 e. The molecule has 176 valence electrons. The average Bonchev–Trinajstić information content (AvgIpc) is 2.87. The number of fused-ring (bicyclic) bond motifs is 1. The number of nitriles is 1. The van der Waals surface area contributed by atoms with Crippen molar-refractivity contribution in [1.82, 2.24) is 24.7 Å². The Bertz CT molecular complexity index is 1790. The van der Waals surface area contributed by atoms with Crippen molar-refractivity contribution >= 4 is 34.1 Å². The van der Waals surface area contributed by atoms with E-state index in [1.165, 1.54) is 12.1 Å². The third kappa shape index (κ3) is 4.31. The van der Waals surface area contributed by atoms with Crippen LogP contribution < -0.4 is 16.0 Å². The highest BCUT2D eigenvalue weighted by Crippen LogP contribution is 2.39. The lowest BCUT2D eigenvalue weighted by atomic mass is 10.1. The molecule has 0 bridgehead atoms. The number of hydrogen-bond acceptors (Lipinski definition) is 7. The van der Waals surface area contributed by atoms with E-state index in [1.54, 1.807) is 24.5 Å². The molecule has 0 amide bonds. The highest BCUT2D eigenvalue weighted by atomic mass is 35.5. The summed E-state index contributed by atoms with van der Waals surface area (Å²) in [5.41, 5.74) is 1.54. The molecule has 0 atom stereocenters. The smallest absolute Gasteiger partial charge is 0.349 e. The first kappa shape index (κ1) is 23.2. The lowest BCUT2D eigenvalue weighted by molar-refractivity contribution is 0.483. The Morgan fingerprint density at radius 2 is 1.75 bits per heavy atom. The van der Waals surface area contributed by atoms with Gasteiger partial charge in [-0.2, -0.15) is 9.94 Å². The number of ether oxygens (including phenoxy) is 1. The Hall–Kier alpha value is -4.52. The first-order valence-electron chi connectivity index (χ1n) is 10.5. The molecular formula is C25H14Cl2N6O3. The first-order valence-corrected chi connectivity index (χ1v) is 11.2. The fourth-order valence-electron chi connectivity index (χ4n) is 3.64. The van der Waals surface area contributed by atoms with Crippen LogP contribution in [-0.4, -0.2) is 24.7 Å². The molecule has 3 heterocycles. The second kappa shape index (κ2) is 9.26. The predicted molar refractivity (Wildman–Crippen MR) is 135 cm³/mol. The number of hydrogen-bond donors (Lipinski definition) is 1. The number of pyridine rings is 2. The highest BCUT2D eigenvalue weighted by Gasteiger charge is 2.16. The number of H-pyrrole nitrogens is 1. The van der Waals surface area contributed by atoms with E-state index in [4.69, 9.17) is 38.2 Å². The van der Waals surface area contributed by atoms with Gasteiger partial charge in [-0.1, -0.05) is 23.2 Å². The van der Waals surface area contributed by atoms with Crippen LogP contribution in [0.2, 0.25) is 10.0 Å². The van der Waals surface area contributed by atoms with E-state index in [0.29, 0.717) is 5.75 Å². The molecule has 0 saturated heterocycles. The lowest BCUT2D eigenvalue weighted by Crippen LogP contribution is -2.33. The number of rotatable bonds is 4. The molecule has 0 saturated carbocycles. The van der Waals surface area contributed by atoms with Gasteiger partial charge < -0.3 is 4.74 Å². The molecule has 0 unspecified atom stereocenters. The highest BCUT2D eigenvalue weighted by molar-refractivity contribution is 6.37. The fourth-order valence-corrected chi connectivity index (χ4v) is 4.19. The number of nitrogens with one attached hydrogen (secondary N) is 1. The number of benzene rings is 2. The van der Waals surface area contributed by atoms with E-state index in [2.05, 4.69) is 10.1 Å². The maximum atomic E-state index is 12.2. The molecule has 0 spiro atoms. The van der Waals surface area contributed by atoms with Gasteiger partial charge in [-0.25, -0.2) is 9.78 Å². The Labute approximate surface area is 213 Å². The van der Waals surface area contributed by atoms with Gasteiger partial charge in [0, 0.05) is 23.3 Å². The predicted octanol–water partition coefficient (Wildman–Crippen LogP) is 4.81. The number of nitrogens with zero attached hydrogens (tertiary/aromatic N) is 5. The van der Waals surface area contributed by atoms with Crippen LogP contribution in [0.5, 0.6) is 11.5 Å². The molecule has 5 aromatic rings. The van der Waals surface area contributed by atoms with E-state index in [0.717, 1.165) is 32.4 Å². The van der Waals surface area contributed by atoms with Crippen LogP contribution in [0.4, 0.5) is 0 Å². The largest absolute Gasteiger partial charge is 0.454 e.